The van der Waals surface area contributed by atoms with Crippen LogP contribution in [0.2, 0.25) is 0 Å². The fourth-order valence-electron chi connectivity index (χ4n) is 0.686. The molecular formula is C6H9BN2. The predicted octanol–water partition coefficient (Wildman–Crippen LogP) is -0.703. The number of aromatic nitrogens is 2. The molecule has 3 heteroatoms. The SMILES string of the molecule is Bc1cncc(CC)n1. The van der Waals surface area contributed by atoms with E-state index in [4.69, 9.17) is 0 Å². The highest BCUT2D eigenvalue weighted by atomic mass is 14.8. The second-order valence-electron chi connectivity index (χ2n) is 2.01. The summed E-state index contributed by atoms with van der Waals surface area (Å²) in [6.07, 6.45) is 4.53. The largest absolute Gasteiger partial charge is 0.266 e. The monoisotopic (exact) mass is 120 g/mol. The van der Waals surface area contributed by atoms with E-state index in [1.165, 1.54) is 0 Å². The third kappa shape index (κ3) is 1.52. The summed E-state index contributed by atoms with van der Waals surface area (Å²) in [6, 6.07) is 0. The Morgan fingerprint density at radius 2 is 2.33 bits per heavy atom. The zero-order valence-electron chi connectivity index (χ0n) is 5.76. The minimum absolute atomic E-state index is 0.967. The van der Waals surface area contributed by atoms with Crippen LogP contribution < -0.4 is 5.59 Å². The van der Waals surface area contributed by atoms with Gasteiger partial charge in [-0.1, -0.05) is 6.92 Å². The van der Waals surface area contributed by atoms with Crippen LogP contribution in [0.4, 0.5) is 0 Å². The van der Waals surface area contributed by atoms with E-state index in [-0.39, 0.29) is 0 Å². The third-order valence-corrected chi connectivity index (χ3v) is 1.17. The van der Waals surface area contributed by atoms with E-state index in [9.17, 15) is 0 Å². The predicted molar refractivity (Wildman–Crippen MR) is 39.6 cm³/mol. The molecule has 1 rings (SSSR count). The molecule has 0 spiro atoms. The van der Waals surface area contributed by atoms with Crippen molar-refractivity contribution in [1.29, 1.82) is 0 Å². The maximum Gasteiger partial charge on any atom is 0.166 e. The van der Waals surface area contributed by atoms with Crippen LogP contribution in [0.25, 0.3) is 0 Å². The molecule has 0 bridgehead atoms. The molecule has 0 radical (unpaired) electrons. The second-order valence-corrected chi connectivity index (χ2v) is 2.01. The van der Waals surface area contributed by atoms with Crippen molar-refractivity contribution < 1.29 is 0 Å². The summed E-state index contributed by atoms with van der Waals surface area (Å²) in [5, 5.41) is 0. The molecule has 0 saturated carbocycles. The Kier molecular flexibility index (Phi) is 1.83. The van der Waals surface area contributed by atoms with Gasteiger partial charge in [0.15, 0.2) is 7.85 Å². The fourth-order valence-corrected chi connectivity index (χ4v) is 0.686. The smallest absolute Gasteiger partial charge is 0.166 e. The Morgan fingerprint density at radius 3 is 2.78 bits per heavy atom. The van der Waals surface area contributed by atoms with Gasteiger partial charge in [-0.3, -0.25) is 9.97 Å². The molecule has 0 atom stereocenters. The Morgan fingerprint density at radius 1 is 1.56 bits per heavy atom. The van der Waals surface area contributed by atoms with Crippen molar-refractivity contribution in [2.75, 3.05) is 0 Å². The first-order valence-electron chi connectivity index (χ1n) is 3.10. The summed E-state index contributed by atoms with van der Waals surface area (Å²) < 4.78 is 0. The van der Waals surface area contributed by atoms with Gasteiger partial charge in [0.05, 0.1) is 5.69 Å². The molecular weight excluding hydrogens is 111 g/mol. The Balaban J connectivity index is 2.94. The van der Waals surface area contributed by atoms with Crippen molar-refractivity contribution in [3.63, 3.8) is 0 Å². The highest BCUT2D eigenvalue weighted by Gasteiger charge is 1.88. The molecule has 0 aliphatic carbocycles. The zero-order chi connectivity index (χ0) is 6.69. The van der Waals surface area contributed by atoms with E-state index in [2.05, 4.69) is 16.9 Å². The van der Waals surface area contributed by atoms with E-state index < -0.39 is 0 Å². The Labute approximate surface area is 55.8 Å². The topological polar surface area (TPSA) is 25.8 Å². The molecule has 0 fully saturated rings. The van der Waals surface area contributed by atoms with Gasteiger partial charge in [-0.15, -0.1) is 0 Å². The normalized spacial score (nSPS) is 9.44. The van der Waals surface area contributed by atoms with Crippen LogP contribution in [0.1, 0.15) is 12.6 Å². The lowest BCUT2D eigenvalue weighted by Gasteiger charge is -1.93. The van der Waals surface area contributed by atoms with E-state index >= 15 is 0 Å². The van der Waals surface area contributed by atoms with Crippen LogP contribution in [-0.4, -0.2) is 17.8 Å². The quantitative estimate of drug-likeness (QED) is 0.458. The molecule has 0 saturated heterocycles. The summed E-state index contributed by atoms with van der Waals surface area (Å²) in [6.45, 7) is 2.07. The van der Waals surface area contributed by atoms with E-state index in [1.54, 1.807) is 12.4 Å². The molecule has 2 nitrogen and oxygen atoms in total. The lowest BCUT2D eigenvalue weighted by atomic mass is 10.1. The van der Waals surface area contributed by atoms with Gasteiger partial charge >= 0.3 is 0 Å². The molecule has 1 aromatic rings. The summed E-state index contributed by atoms with van der Waals surface area (Å²) in [5.74, 6) is 0. The molecule has 1 aromatic heterocycles. The molecule has 0 aliphatic rings. The van der Waals surface area contributed by atoms with Crippen LogP contribution in [0, 0.1) is 0 Å². The van der Waals surface area contributed by atoms with E-state index in [0.717, 1.165) is 17.7 Å². The van der Waals surface area contributed by atoms with Gasteiger partial charge in [-0.25, -0.2) is 0 Å². The summed E-state index contributed by atoms with van der Waals surface area (Å²) in [7, 11) is 1.95. The second kappa shape index (κ2) is 2.62. The molecule has 0 amide bonds. The molecule has 0 aromatic carbocycles. The summed E-state index contributed by atoms with van der Waals surface area (Å²) >= 11 is 0. The summed E-state index contributed by atoms with van der Waals surface area (Å²) in [5.41, 5.74) is 2.06. The number of nitrogens with zero attached hydrogens (tertiary/aromatic N) is 2. The minimum atomic E-state index is 0.967. The Hall–Kier alpha value is -0.855. The van der Waals surface area contributed by atoms with Gasteiger partial charge in [0.25, 0.3) is 0 Å². The van der Waals surface area contributed by atoms with Crippen LogP contribution in [0.15, 0.2) is 12.4 Å². The summed E-state index contributed by atoms with van der Waals surface area (Å²) in [4.78, 5) is 8.22. The molecule has 9 heavy (non-hydrogen) atoms. The number of hydrogen-bond donors (Lipinski definition) is 0. The van der Waals surface area contributed by atoms with Gasteiger partial charge in [-0.2, -0.15) is 0 Å². The molecule has 0 aliphatic heterocycles. The van der Waals surface area contributed by atoms with Gasteiger partial charge in [0.2, 0.25) is 0 Å². The fraction of sp³-hybridized carbons (Fsp3) is 0.333. The van der Waals surface area contributed by atoms with Crippen molar-refractivity contribution in [2.24, 2.45) is 0 Å². The highest BCUT2D eigenvalue weighted by Crippen LogP contribution is 1.86. The van der Waals surface area contributed by atoms with Crippen molar-refractivity contribution in [2.45, 2.75) is 13.3 Å². The molecule has 0 N–H and O–H groups in total. The maximum absolute atomic E-state index is 4.23. The van der Waals surface area contributed by atoms with Crippen LogP contribution >= 0.6 is 0 Å². The first-order chi connectivity index (χ1) is 4.33. The third-order valence-electron chi connectivity index (χ3n) is 1.17. The number of hydrogen-bond acceptors (Lipinski definition) is 2. The minimum Gasteiger partial charge on any atom is -0.266 e. The van der Waals surface area contributed by atoms with Gasteiger partial charge < -0.3 is 0 Å². The molecule has 0 unspecified atom stereocenters. The molecule has 1 heterocycles. The lowest BCUT2D eigenvalue weighted by molar-refractivity contribution is 1.02. The first-order valence-corrected chi connectivity index (χ1v) is 3.10. The first kappa shape index (κ1) is 6.27. The average molecular weight is 120 g/mol. The van der Waals surface area contributed by atoms with Gasteiger partial charge in [0.1, 0.15) is 0 Å². The van der Waals surface area contributed by atoms with Crippen LogP contribution in [-0.2, 0) is 6.42 Å². The van der Waals surface area contributed by atoms with Crippen molar-refractivity contribution >= 4 is 13.4 Å². The maximum atomic E-state index is 4.23. The van der Waals surface area contributed by atoms with E-state index in [1.807, 2.05) is 7.85 Å². The van der Waals surface area contributed by atoms with Crippen molar-refractivity contribution in [3.05, 3.63) is 18.1 Å². The number of rotatable bonds is 1. The van der Waals surface area contributed by atoms with Crippen molar-refractivity contribution in [3.8, 4) is 0 Å². The zero-order valence-corrected chi connectivity index (χ0v) is 5.76. The Bertz CT molecular complexity index is 200. The van der Waals surface area contributed by atoms with Gasteiger partial charge in [0, 0.05) is 18.0 Å². The molecule has 46 valence electrons. The van der Waals surface area contributed by atoms with Crippen LogP contribution in [0.5, 0.6) is 0 Å². The van der Waals surface area contributed by atoms with E-state index in [0.29, 0.717) is 0 Å². The highest BCUT2D eigenvalue weighted by molar-refractivity contribution is 6.30. The average Bonchev–Trinajstić information content (AvgIpc) is 1.88. The lowest BCUT2D eigenvalue weighted by Crippen LogP contribution is -2.10. The van der Waals surface area contributed by atoms with Gasteiger partial charge in [-0.05, 0) is 6.42 Å². The van der Waals surface area contributed by atoms with Crippen LogP contribution in [0.3, 0.4) is 0 Å². The van der Waals surface area contributed by atoms with Crippen molar-refractivity contribution in [1.82, 2.24) is 9.97 Å². The standard InChI is InChI=1S/C6H9BN2/c1-2-5-3-8-4-6(7)9-5/h3-4H,2,7H2,1H3. The number of aryl methyl sites for hydroxylation is 1.